The Kier molecular flexibility index (Phi) is 5.07. The Bertz CT molecular complexity index is 523. The van der Waals surface area contributed by atoms with Crippen molar-refractivity contribution in [2.75, 3.05) is 31.5 Å². The van der Waals surface area contributed by atoms with Crippen molar-refractivity contribution < 1.29 is 14.8 Å². The van der Waals surface area contributed by atoms with E-state index in [1.165, 1.54) is 6.07 Å². The molecule has 114 valence electrons. The van der Waals surface area contributed by atoms with Gasteiger partial charge < -0.3 is 21.1 Å². The van der Waals surface area contributed by atoms with Crippen LogP contribution in [0.1, 0.15) is 0 Å². The second-order valence-corrected chi connectivity index (χ2v) is 4.92. The lowest BCUT2D eigenvalue weighted by atomic mass is 10.1. The maximum absolute atomic E-state index is 11.7. The van der Waals surface area contributed by atoms with E-state index in [0.717, 1.165) is 0 Å². The second-order valence-electron chi connectivity index (χ2n) is 4.92. The van der Waals surface area contributed by atoms with E-state index in [2.05, 4.69) is 16.0 Å². The van der Waals surface area contributed by atoms with E-state index in [4.69, 9.17) is 0 Å². The molecule has 21 heavy (non-hydrogen) atoms. The molecular formula is C13H18N4O4. The molecule has 0 aliphatic carbocycles. The molecule has 8 nitrogen and oxygen atoms in total. The molecular weight excluding hydrogens is 276 g/mol. The topological polar surface area (TPSA) is 117 Å². The molecule has 4 N–H and O–H groups in total. The van der Waals surface area contributed by atoms with Gasteiger partial charge >= 0.3 is 0 Å². The van der Waals surface area contributed by atoms with Gasteiger partial charge in [-0.3, -0.25) is 14.9 Å². The average Bonchev–Trinajstić information content (AvgIpc) is 2.88. The molecule has 0 bridgehead atoms. The van der Waals surface area contributed by atoms with E-state index in [1.807, 2.05) is 0 Å². The number of carbonyl (C=O) groups excluding carboxylic acids is 1. The number of rotatable bonds is 6. The molecule has 1 fully saturated rings. The number of nitrogens with one attached hydrogen (secondary N) is 3. The van der Waals surface area contributed by atoms with Crippen LogP contribution in [-0.2, 0) is 4.79 Å². The van der Waals surface area contributed by atoms with E-state index < -0.39 is 11.0 Å². The zero-order valence-corrected chi connectivity index (χ0v) is 11.4. The Morgan fingerprint density at radius 3 is 2.86 bits per heavy atom. The average molecular weight is 294 g/mol. The van der Waals surface area contributed by atoms with Gasteiger partial charge in [-0.15, -0.1) is 0 Å². The third-order valence-electron chi connectivity index (χ3n) is 3.41. The van der Waals surface area contributed by atoms with Crippen LogP contribution in [0.25, 0.3) is 0 Å². The molecule has 8 heteroatoms. The first-order chi connectivity index (χ1) is 10.1. The summed E-state index contributed by atoms with van der Waals surface area (Å²) >= 11 is 0. The van der Waals surface area contributed by atoms with E-state index in [1.54, 1.807) is 18.2 Å². The third kappa shape index (κ3) is 4.14. The summed E-state index contributed by atoms with van der Waals surface area (Å²) in [5.74, 6) is -0.271. The van der Waals surface area contributed by atoms with Crippen molar-refractivity contribution in [1.29, 1.82) is 0 Å². The Hall–Kier alpha value is -2.19. The molecule has 1 aliphatic heterocycles. The summed E-state index contributed by atoms with van der Waals surface area (Å²) in [4.78, 5) is 22.0. The lowest BCUT2D eigenvalue weighted by molar-refractivity contribution is -0.383. The fraction of sp³-hybridized carbons (Fsp3) is 0.462. The molecule has 2 atom stereocenters. The number of para-hydroxylation sites is 2. The van der Waals surface area contributed by atoms with Crippen molar-refractivity contribution in [2.45, 2.75) is 6.10 Å². The molecule has 0 aromatic heterocycles. The maximum Gasteiger partial charge on any atom is 0.292 e. The molecule has 1 saturated heterocycles. The molecule has 0 spiro atoms. The number of nitro groups is 1. The smallest absolute Gasteiger partial charge is 0.292 e. The number of hydrogen-bond acceptors (Lipinski definition) is 6. The number of carbonyl (C=O) groups is 1. The molecule has 1 aromatic rings. The van der Waals surface area contributed by atoms with Crippen LogP contribution >= 0.6 is 0 Å². The summed E-state index contributed by atoms with van der Waals surface area (Å²) in [6.45, 7) is 1.53. The fourth-order valence-electron chi connectivity index (χ4n) is 2.19. The van der Waals surface area contributed by atoms with Gasteiger partial charge in [-0.2, -0.15) is 0 Å². The Labute approximate surface area is 121 Å². The number of aliphatic hydroxyl groups is 1. The molecule has 1 amide bonds. The highest BCUT2D eigenvalue weighted by Gasteiger charge is 2.25. The summed E-state index contributed by atoms with van der Waals surface area (Å²) in [6, 6.07) is 6.16. The van der Waals surface area contributed by atoms with Gasteiger partial charge in [-0.25, -0.2) is 0 Å². The highest BCUT2D eigenvalue weighted by Crippen LogP contribution is 2.22. The summed E-state index contributed by atoms with van der Waals surface area (Å²) in [5.41, 5.74) is 0.237. The van der Waals surface area contributed by atoms with Crippen molar-refractivity contribution in [2.24, 2.45) is 5.92 Å². The standard InChI is InChI=1S/C13H18N4O4/c18-12-7-14-5-9(12)6-16-13(19)8-15-10-3-1-2-4-11(10)17(20)21/h1-4,9,12,14-15,18H,5-8H2,(H,16,19). The quantitative estimate of drug-likeness (QED) is 0.423. The van der Waals surface area contributed by atoms with Crippen LogP contribution in [0, 0.1) is 16.0 Å². The van der Waals surface area contributed by atoms with Gasteiger partial charge in [-0.05, 0) is 6.07 Å². The van der Waals surface area contributed by atoms with Crippen molar-refractivity contribution >= 4 is 17.3 Å². The summed E-state index contributed by atoms with van der Waals surface area (Å²) in [5, 5.41) is 28.9. The zero-order valence-electron chi connectivity index (χ0n) is 11.4. The van der Waals surface area contributed by atoms with E-state index in [-0.39, 0.29) is 24.1 Å². The highest BCUT2D eigenvalue weighted by atomic mass is 16.6. The van der Waals surface area contributed by atoms with Crippen LogP contribution in [0.3, 0.4) is 0 Å². The first-order valence-corrected chi connectivity index (χ1v) is 6.70. The minimum atomic E-state index is -0.499. The molecule has 2 rings (SSSR count). The molecule has 0 saturated carbocycles. The largest absolute Gasteiger partial charge is 0.391 e. The van der Waals surface area contributed by atoms with Gasteiger partial charge in [0.1, 0.15) is 5.69 Å². The maximum atomic E-state index is 11.7. The van der Waals surface area contributed by atoms with Gasteiger partial charge in [0.05, 0.1) is 17.6 Å². The Balaban J connectivity index is 1.80. The van der Waals surface area contributed by atoms with Crippen molar-refractivity contribution in [3.63, 3.8) is 0 Å². The predicted molar refractivity (Wildman–Crippen MR) is 77.0 cm³/mol. The van der Waals surface area contributed by atoms with E-state index >= 15 is 0 Å². The number of aliphatic hydroxyl groups excluding tert-OH is 1. The molecule has 2 unspecified atom stereocenters. The SMILES string of the molecule is O=C(CNc1ccccc1[N+](=O)[O-])NCC1CNCC1O. The number of nitrogens with zero attached hydrogens (tertiary/aromatic N) is 1. The number of nitro benzene ring substituents is 1. The number of β-amino-alcohol motifs (C(OH)–C–C–N with tert-alkyl or cyclic N) is 1. The van der Waals surface area contributed by atoms with Crippen LogP contribution in [0.15, 0.2) is 24.3 Å². The second kappa shape index (κ2) is 7.00. The van der Waals surface area contributed by atoms with Crippen molar-refractivity contribution in [3.05, 3.63) is 34.4 Å². The fourth-order valence-corrected chi connectivity index (χ4v) is 2.19. The van der Waals surface area contributed by atoms with Crippen LogP contribution < -0.4 is 16.0 Å². The van der Waals surface area contributed by atoms with Crippen LogP contribution in [0.2, 0.25) is 0 Å². The number of benzene rings is 1. The molecule has 0 radical (unpaired) electrons. The van der Waals surface area contributed by atoms with Gasteiger partial charge in [0.15, 0.2) is 0 Å². The molecule has 1 aliphatic rings. The monoisotopic (exact) mass is 294 g/mol. The minimum Gasteiger partial charge on any atom is -0.391 e. The van der Waals surface area contributed by atoms with Crippen LogP contribution in [0.5, 0.6) is 0 Å². The normalized spacial score (nSPS) is 21.0. The lowest BCUT2D eigenvalue weighted by Crippen LogP contribution is -2.37. The van der Waals surface area contributed by atoms with Crippen LogP contribution in [-0.4, -0.2) is 48.2 Å². The van der Waals surface area contributed by atoms with Crippen molar-refractivity contribution in [3.8, 4) is 0 Å². The van der Waals surface area contributed by atoms with E-state index in [9.17, 15) is 20.0 Å². The number of hydrogen-bond donors (Lipinski definition) is 4. The highest BCUT2D eigenvalue weighted by molar-refractivity contribution is 5.81. The first kappa shape index (κ1) is 15.2. The van der Waals surface area contributed by atoms with Gasteiger partial charge in [0, 0.05) is 31.6 Å². The Morgan fingerprint density at radius 1 is 1.43 bits per heavy atom. The lowest BCUT2D eigenvalue weighted by Gasteiger charge is -2.14. The molecule has 1 heterocycles. The first-order valence-electron chi connectivity index (χ1n) is 6.70. The number of amides is 1. The predicted octanol–water partition coefficient (Wildman–Crippen LogP) is -0.297. The van der Waals surface area contributed by atoms with Gasteiger partial charge in [0.2, 0.25) is 5.91 Å². The number of anilines is 1. The summed E-state index contributed by atoms with van der Waals surface area (Å²) in [6.07, 6.45) is -0.450. The van der Waals surface area contributed by atoms with Gasteiger partial charge in [0.25, 0.3) is 5.69 Å². The Morgan fingerprint density at radius 2 is 2.19 bits per heavy atom. The minimum absolute atomic E-state index is 0.0000106. The summed E-state index contributed by atoms with van der Waals surface area (Å²) < 4.78 is 0. The van der Waals surface area contributed by atoms with E-state index in [0.29, 0.717) is 25.3 Å². The zero-order chi connectivity index (χ0) is 15.2. The summed E-state index contributed by atoms with van der Waals surface area (Å²) in [7, 11) is 0. The van der Waals surface area contributed by atoms with Crippen molar-refractivity contribution in [1.82, 2.24) is 10.6 Å². The third-order valence-corrected chi connectivity index (χ3v) is 3.41. The molecule has 1 aromatic carbocycles. The van der Waals surface area contributed by atoms with Crippen LogP contribution in [0.4, 0.5) is 11.4 Å². The van der Waals surface area contributed by atoms with Gasteiger partial charge in [-0.1, -0.05) is 12.1 Å².